The standard InChI is InChI=1S/C19H20N2O2/c1-12-8-10-21(11-9-12)16-7-6-15-17-13(16)4-3-5-14(17)18(22)20(2)19(15)23/h3-7,12H,8-11H2,1-2H3. The number of imide groups is 1. The molecule has 4 heteroatoms. The number of rotatable bonds is 1. The Hall–Kier alpha value is -2.36. The maximum Gasteiger partial charge on any atom is 0.261 e. The SMILES string of the molecule is CC1CCN(c2ccc3c4c(cccc24)C(=O)N(C)C3=O)CC1. The average molecular weight is 308 g/mol. The summed E-state index contributed by atoms with van der Waals surface area (Å²) in [5.41, 5.74) is 2.40. The molecule has 0 atom stereocenters. The molecule has 23 heavy (non-hydrogen) atoms. The average Bonchev–Trinajstić information content (AvgIpc) is 2.58. The third kappa shape index (κ3) is 2.05. The second-order valence-electron chi connectivity index (χ2n) is 6.70. The highest BCUT2D eigenvalue weighted by atomic mass is 16.2. The third-order valence-corrected chi connectivity index (χ3v) is 5.21. The highest BCUT2D eigenvalue weighted by molar-refractivity contribution is 6.26. The van der Waals surface area contributed by atoms with Gasteiger partial charge >= 0.3 is 0 Å². The summed E-state index contributed by atoms with van der Waals surface area (Å²) in [6, 6.07) is 9.68. The van der Waals surface area contributed by atoms with Gasteiger partial charge in [-0.2, -0.15) is 0 Å². The fourth-order valence-corrected chi connectivity index (χ4v) is 3.73. The smallest absolute Gasteiger partial charge is 0.261 e. The molecule has 4 rings (SSSR count). The summed E-state index contributed by atoms with van der Waals surface area (Å²) in [6.07, 6.45) is 2.37. The Morgan fingerprint density at radius 1 is 0.957 bits per heavy atom. The molecule has 2 aromatic rings. The Morgan fingerprint density at radius 2 is 1.61 bits per heavy atom. The van der Waals surface area contributed by atoms with Crippen LogP contribution in [-0.2, 0) is 0 Å². The molecule has 0 aromatic heterocycles. The van der Waals surface area contributed by atoms with Crippen molar-refractivity contribution in [1.29, 1.82) is 0 Å². The second-order valence-corrected chi connectivity index (χ2v) is 6.70. The van der Waals surface area contributed by atoms with Crippen molar-refractivity contribution in [2.75, 3.05) is 25.0 Å². The predicted octanol–water partition coefficient (Wildman–Crippen LogP) is 3.30. The number of benzene rings is 2. The zero-order valence-corrected chi connectivity index (χ0v) is 13.5. The van der Waals surface area contributed by atoms with Crippen molar-refractivity contribution < 1.29 is 9.59 Å². The van der Waals surface area contributed by atoms with Gasteiger partial charge in [-0.05, 0) is 37.0 Å². The van der Waals surface area contributed by atoms with Crippen LogP contribution in [0, 0.1) is 5.92 Å². The van der Waals surface area contributed by atoms with Crippen LogP contribution in [0.1, 0.15) is 40.5 Å². The van der Waals surface area contributed by atoms with Crippen molar-refractivity contribution >= 4 is 28.3 Å². The molecule has 0 N–H and O–H groups in total. The zero-order valence-electron chi connectivity index (χ0n) is 13.5. The van der Waals surface area contributed by atoms with Gasteiger partial charge < -0.3 is 4.90 Å². The van der Waals surface area contributed by atoms with Gasteiger partial charge in [-0.1, -0.05) is 19.1 Å². The fraction of sp³-hybridized carbons (Fsp3) is 0.368. The van der Waals surface area contributed by atoms with Gasteiger partial charge in [-0.25, -0.2) is 0 Å². The number of amides is 2. The van der Waals surface area contributed by atoms with E-state index in [-0.39, 0.29) is 11.8 Å². The van der Waals surface area contributed by atoms with Crippen LogP contribution in [0.2, 0.25) is 0 Å². The molecule has 2 aliphatic heterocycles. The summed E-state index contributed by atoms with van der Waals surface area (Å²) in [5, 5.41) is 1.83. The van der Waals surface area contributed by atoms with Crippen LogP contribution in [-0.4, -0.2) is 36.9 Å². The maximum atomic E-state index is 12.4. The predicted molar refractivity (Wildman–Crippen MR) is 91.0 cm³/mol. The van der Waals surface area contributed by atoms with Crippen LogP contribution in [0.5, 0.6) is 0 Å². The number of nitrogens with zero attached hydrogens (tertiary/aromatic N) is 2. The molecule has 2 heterocycles. The Kier molecular flexibility index (Phi) is 3.15. The van der Waals surface area contributed by atoms with Gasteiger partial charge in [-0.3, -0.25) is 14.5 Å². The van der Waals surface area contributed by atoms with Crippen molar-refractivity contribution in [3.8, 4) is 0 Å². The van der Waals surface area contributed by atoms with E-state index in [4.69, 9.17) is 0 Å². The van der Waals surface area contributed by atoms with Crippen LogP contribution in [0.15, 0.2) is 30.3 Å². The van der Waals surface area contributed by atoms with Crippen LogP contribution in [0.4, 0.5) is 5.69 Å². The highest BCUT2D eigenvalue weighted by Crippen LogP contribution is 2.36. The van der Waals surface area contributed by atoms with Crippen molar-refractivity contribution in [3.63, 3.8) is 0 Å². The Bertz CT molecular complexity index is 797. The van der Waals surface area contributed by atoms with E-state index in [1.807, 2.05) is 30.3 Å². The lowest BCUT2D eigenvalue weighted by Gasteiger charge is -2.34. The van der Waals surface area contributed by atoms with Gasteiger partial charge in [0, 0.05) is 47.7 Å². The van der Waals surface area contributed by atoms with Crippen molar-refractivity contribution in [1.82, 2.24) is 4.90 Å². The van der Waals surface area contributed by atoms with Gasteiger partial charge in [0.1, 0.15) is 0 Å². The Balaban J connectivity index is 1.91. The maximum absolute atomic E-state index is 12.4. The summed E-state index contributed by atoms with van der Waals surface area (Å²) in [5.74, 6) is 0.345. The third-order valence-electron chi connectivity index (χ3n) is 5.21. The first-order valence-electron chi connectivity index (χ1n) is 8.21. The first-order chi connectivity index (χ1) is 11.1. The molecule has 0 spiro atoms. The first kappa shape index (κ1) is 14.2. The largest absolute Gasteiger partial charge is 0.371 e. The molecule has 1 fully saturated rings. The summed E-state index contributed by atoms with van der Waals surface area (Å²) in [7, 11) is 1.55. The molecule has 2 aliphatic rings. The van der Waals surface area contributed by atoms with E-state index in [2.05, 4.69) is 11.8 Å². The second kappa shape index (κ2) is 5.08. The van der Waals surface area contributed by atoms with Gasteiger partial charge in [0.2, 0.25) is 0 Å². The summed E-state index contributed by atoms with van der Waals surface area (Å²) >= 11 is 0. The van der Waals surface area contributed by atoms with E-state index in [1.165, 1.54) is 17.7 Å². The van der Waals surface area contributed by atoms with Crippen LogP contribution in [0.3, 0.4) is 0 Å². The summed E-state index contributed by atoms with van der Waals surface area (Å²) < 4.78 is 0. The normalized spacial score (nSPS) is 18.9. The summed E-state index contributed by atoms with van der Waals surface area (Å²) in [4.78, 5) is 28.5. The molecule has 4 nitrogen and oxygen atoms in total. The van der Waals surface area contributed by atoms with Crippen molar-refractivity contribution in [2.45, 2.75) is 19.8 Å². The minimum atomic E-state index is -0.211. The molecule has 0 bridgehead atoms. The van der Waals surface area contributed by atoms with Gasteiger partial charge in [-0.15, -0.1) is 0 Å². The minimum absolute atomic E-state index is 0.211. The molecular weight excluding hydrogens is 288 g/mol. The molecule has 0 aliphatic carbocycles. The molecular formula is C19H20N2O2. The fourth-order valence-electron chi connectivity index (χ4n) is 3.73. The van der Waals surface area contributed by atoms with E-state index in [9.17, 15) is 9.59 Å². The van der Waals surface area contributed by atoms with E-state index < -0.39 is 0 Å². The Morgan fingerprint density at radius 3 is 2.30 bits per heavy atom. The quantitative estimate of drug-likeness (QED) is 0.759. The minimum Gasteiger partial charge on any atom is -0.371 e. The molecule has 118 valence electrons. The van der Waals surface area contributed by atoms with Crippen LogP contribution < -0.4 is 4.90 Å². The molecule has 0 saturated carbocycles. The van der Waals surface area contributed by atoms with Crippen molar-refractivity contribution in [2.24, 2.45) is 5.92 Å². The van der Waals surface area contributed by atoms with Gasteiger partial charge in [0.05, 0.1) is 0 Å². The lowest BCUT2D eigenvalue weighted by atomic mass is 9.92. The number of anilines is 1. The molecule has 1 saturated heterocycles. The summed E-state index contributed by atoms with van der Waals surface area (Å²) in [6.45, 7) is 4.35. The number of piperidine rings is 1. The van der Waals surface area contributed by atoms with Crippen LogP contribution >= 0.6 is 0 Å². The van der Waals surface area contributed by atoms with E-state index in [1.54, 1.807) is 7.05 Å². The number of carbonyl (C=O) groups is 2. The monoisotopic (exact) mass is 308 g/mol. The zero-order chi connectivity index (χ0) is 16.1. The van der Waals surface area contributed by atoms with Crippen molar-refractivity contribution in [3.05, 3.63) is 41.5 Å². The van der Waals surface area contributed by atoms with Crippen LogP contribution in [0.25, 0.3) is 10.8 Å². The lowest BCUT2D eigenvalue weighted by molar-refractivity contribution is 0.0651. The number of hydrogen-bond donors (Lipinski definition) is 0. The molecule has 2 aromatic carbocycles. The van der Waals surface area contributed by atoms with E-state index in [0.29, 0.717) is 11.1 Å². The lowest BCUT2D eigenvalue weighted by Crippen LogP contribution is -2.37. The number of carbonyl (C=O) groups excluding carboxylic acids is 2. The highest BCUT2D eigenvalue weighted by Gasteiger charge is 2.31. The van der Waals surface area contributed by atoms with Gasteiger partial charge in [0.15, 0.2) is 0 Å². The van der Waals surface area contributed by atoms with E-state index >= 15 is 0 Å². The Labute approximate surface area is 135 Å². The molecule has 2 amide bonds. The molecule has 0 unspecified atom stereocenters. The molecule has 0 radical (unpaired) electrons. The van der Waals surface area contributed by atoms with E-state index in [0.717, 1.165) is 35.5 Å². The topological polar surface area (TPSA) is 40.6 Å². The first-order valence-corrected chi connectivity index (χ1v) is 8.21. The van der Waals surface area contributed by atoms with Gasteiger partial charge in [0.25, 0.3) is 11.8 Å². The number of hydrogen-bond acceptors (Lipinski definition) is 3.